The van der Waals surface area contributed by atoms with Gasteiger partial charge in [-0.15, -0.1) is 5.10 Å². The summed E-state index contributed by atoms with van der Waals surface area (Å²) in [6, 6.07) is 13.6. The summed E-state index contributed by atoms with van der Waals surface area (Å²) < 4.78 is 17.1. The van der Waals surface area contributed by atoms with Gasteiger partial charge in [0.15, 0.2) is 0 Å². The quantitative estimate of drug-likeness (QED) is 0.211. The van der Waals surface area contributed by atoms with Gasteiger partial charge < -0.3 is 30.0 Å². The van der Waals surface area contributed by atoms with Gasteiger partial charge >= 0.3 is 6.03 Å². The molecular formula is C25H22Cl2N6O6. The molecule has 2 aromatic carbocycles. The molecule has 0 aliphatic rings. The number of urea groups is 1. The van der Waals surface area contributed by atoms with Crippen LogP contribution in [0.3, 0.4) is 0 Å². The molecule has 2 aromatic heterocycles. The second-order valence-electron chi connectivity index (χ2n) is 7.78. The molecular weight excluding hydrogens is 551 g/mol. The zero-order chi connectivity index (χ0) is 27.9. The lowest BCUT2D eigenvalue weighted by atomic mass is 10.3. The van der Waals surface area contributed by atoms with Gasteiger partial charge in [0.05, 0.1) is 23.5 Å². The van der Waals surface area contributed by atoms with E-state index in [0.717, 1.165) is 0 Å². The molecule has 2 heterocycles. The van der Waals surface area contributed by atoms with E-state index in [1.165, 1.54) is 42.3 Å². The summed E-state index contributed by atoms with van der Waals surface area (Å²) in [5.74, 6) is 0.964. The molecule has 0 atom stereocenters. The highest BCUT2D eigenvalue weighted by atomic mass is 35.5. The standard InChI is InChI=1S/C25H22Cl2N6O6/c1-37-13-22(35)30-19-11-16(9-10-28-19)39-18-8-7-17(23(26)24(18)27)29-25(36)31-20-12-21(34)32-33(20)14-3-5-15(38-2)6-4-14/h3-12H,13H2,1-2H3,(H,32,34)(H,28,30,35)(H2,29,31,36). The maximum absolute atomic E-state index is 12.7. The summed E-state index contributed by atoms with van der Waals surface area (Å²) in [5.41, 5.74) is 0.778. The number of methoxy groups -OCH3 is 2. The van der Waals surface area contributed by atoms with Gasteiger partial charge in [0.2, 0.25) is 5.88 Å². The van der Waals surface area contributed by atoms with Crippen LogP contribution in [0.2, 0.25) is 10.0 Å². The largest absolute Gasteiger partial charge is 0.497 e. The number of halogens is 2. The van der Waals surface area contributed by atoms with Crippen molar-refractivity contribution >= 4 is 52.5 Å². The van der Waals surface area contributed by atoms with Crippen molar-refractivity contribution in [2.75, 3.05) is 36.8 Å². The van der Waals surface area contributed by atoms with Crippen molar-refractivity contribution in [1.82, 2.24) is 14.8 Å². The molecule has 0 unspecified atom stereocenters. The van der Waals surface area contributed by atoms with Gasteiger partial charge in [-0.25, -0.2) is 14.5 Å². The molecule has 4 rings (SSSR count). The molecule has 39 heavy (non-hydrogen) atoms. The lowest BCUT2D eigenvalue weighted by Gasteiger charge is -2.14. The number of ether oxygens (including phenoxy) is 3. The summed E-state index contributed by atoms with van der Waals surface area (Å²) in [4.78, 5) is 28.5. The third-order valence-corrected chi connectivity index (χ3v) is 5.92. The first-order chi connectivity index (χ1) is 18.8. The van der Waals surface area contributed by atoms with Crippen LogP contribution in [-0.4, -0.2) is 52.6 Å². The van der Waals surface area contributed by atoms with Crippen LogP contribution >= 0.6 is 23.2 Å². The van der Waals surface area contributed by atoms with E-state index in [1.54, 1.807) is 37.4 Å². The topological polar surface area (TPSA) is 149 Å². The molecule has 0 fully saturated rings. The minimum Gasteiger partial charge on any atom is -0.497 e. The second kappa shape index (κ2) is 12.3. The van der Waals surface area contributed by atoms with Crippen LogP contribution in [0.25, 0.3) is 5.69 Å². The monoisotopic (exact) mass is 572 g/mol. The van der Waals surface area contributed by atoms with E-state index >= 15 is 0 Å². The molecule has 0 aliphatic heterocycles. The van der Waals surface area contributed by atoms with Gasteiger partial charge in [0.25, 0.3) is 5.91 Å². The summed E-state index contributed by atoms with van der Waals surface area (Å²) in [5, 5.41) is 21.8. The highest BCUT2D eigenvalue weighted by molar-refractivity contribution is 6.45. The van der Waals surface area contributed by atoms with Crippen LogP contribution in [0.5, 0.6) is 23.1 Å². The van der Waals surface area contributed by atoms with Crippen molar-refractivity contribution in [1.29, 1.82) is 0 Å². The van der Waals surface area contributed by atoms with Crippen LogP contribution in [0.1, 0.15) is 0 Å². The Kier molecular flexibility index (Phi) is 8.71. The fourth-order valence-electron chi connectivity index (χ4n) is 3.33. The van der Waals surface area contributed by atoms with Crippen LogP contribution < -0.4 is 25.4 Å². The van der Waals surface area contributed by atoms with Crippen LogP contribution in [0.15, 0.2) is 60.8 Å². The number of rotatable bonds is 9. The Morgan fingerprint density at radius 3 is 2.44 bits per heavy atom. The summed E-state index contributed by atoms with van der Waals surface area (Å²) in [7, 11) is 2.95. The third-order valence-electron chi connectivity index (χ3n) is 5.05. The van der Waals surface area contributed by atoms with Crippen LogP contribution in [0.4, 0.5) is 22.1 Å². The number of nitrogens with zero attached hydrogens (tertiary/aromatic N) is 3. The molecule has 0 radical (unpaired) electrons. The molecule has 202 valence electrons. The molecule has 4 N–H and O–H groups in total. The smallest absolute Gasteiger partial charge is 0.324 e. The minimum absolute atomic E-state index is 0.0264. The van der Waals surface area contributed by atoms with Crippen LogP contribution in [-0.2, 0) is 9.53 Å². The number of carbonyl (C=O) groups is 2. The fraction of sp³-hybridized carbons (Fsp3) is 0.120. The highest BCUT2D eigenvalue weighted by Crippen LogP contribution is 2.39. The average Bonchev–Trinajstić information content (AvgIpc) is 3.28. The summed E-state index contributed by atoms with van der Waals surface area (Å²) in [6.07, 6.45) is 1.45. The maximum atomic E-state index is 12.7. The molecule has 0 saturated carbocycles. The molecule has 0 aliphatic carbocycles. The molecule has 0 spiro atoms. The lowest BCUT2D eigenvalue weighted by Crippen LogP contribution is -2.21. The summed E-state index contributed by atoms with van der Waals surface area (Å²) >= 11 is 12.8. The van der Waals surface area contributed by atoms with Crippen molar-refractivity contribution in [3.05, 3.63) is 70.8 Å². The molecule has 0 saturated heterocycles. The van der Waals surface area contributed by atoms with E-state index in [4.69, 9.17) is 37.4 Å². The Hall–Kier alpha value is -4.52. The van der Waals surface area contributed by atoms with Crippen LogP contribution in [0, 0.1) is 0 Å². The first kappa shape index (κ1) is 27.5. The van der Waals surface area contributed by atoms with E-state index in [9.17, 15) is 14.7 Å². The number of anilines is 3. The third kappa shape index (κ3) is 6.87. The zero-order valence-electron chi connectivity index (χ0n) is 20.6. The Morgan fingerprint density at radius 1 is 0.949 bits per heavy atom. The van der Waals surface area contributed by atoms with Gasteiger partial charge in [-0.3, -0.25) is 10.1 Å². The lowest BCUT2D eigenvalue weighted by molar-refractivity contribution is -0.119. The van der Waals surface area contributed by atoms with Crippen molar-refractivity contribution in [3.63, 3.8) is 0 Å². The van der Waals surface area contributed by atoms with Gasteiger partial charge in [-0.1, -0.05) is 23.2 Å². The Morgan fingerprint density at radius 2 is 1.72 bits per heavy atom. The van der Waals surface area contributed by atoms with Crippen molar-refractivity contribution in [2.45, 2.75) is 0 Å². The normalized spacial score (nSPS) is 10.6. The molecule has 0 bridgehead atoms. The fourth-order valence-corrected chi connectivity index (χ4v) is 3.74. The van der Waals surface area contributed by atoms with Crippen molar-refractivity contribution < 1.29 is 28.9 Å². The van der Waals surface area contributed by atoms with E-state index < -0.39 is 6.03 Å². The number of aromatic hydroxyl groups is 1. The van der Waals surface area contributed by atoms with Gasteiger partial charge in [0.1, 0.15) is 40.5 Å². The van der Waals surface area contributed by atoms with E-state index in [1.807, 2.05) is 0 Å². The van der Waals surface area contributed by atoms with E-state index in [0.29, 0.717) is 17.2 Å². The number of hydrogen-bond acceptors (Lipinski definition) is 8. The van der Waals surface area contributed by atoms with E-state index in [-0.39, 0.29) is 51.5 Å². The Labute approximate surface area is 232 Å². The number of nitrogens with one attached hydrogen (secondary N) is 3. The predicted octanol–water partition coefficient (Wildman–Crippen LogP) is 5.31. The first-order valence-corrected chi connectivity index (χ1v) is 11.9. The second-order valence-corrected chi connectivity index (χ2v) is 8.53. The number of aromatic nitrogens is 3. The number of pyridine rings is 1. The van der Waals surface area contributed by atoms with Crippen molar-refractivity contribution in [2.24, 2.45) is 0 Å². The molecule has 3 amide bonds. The number of carbonyl (C=O) groups excluding carboxylic acids is 2. The number of amides is 3. The highest BCUT2D eigenvalue weighted by Gasteiger charge is 2.17. The summed E-state index contributed by atoms with van der Waals surface area (Å²) in [6.45, 7) is -0.124. The zero-order valence-corrected chi connectivity index (χ0v) is 22.1. The maximum Gasteiger partial charge on any atom is 0.324 e. The average molecular weight is 573 g/mol. The number of hydrogen-bond donors (Lipinski definition) is 4. The Balaban J connectivity index is 1.45. The Bertz CT molecular complexity index is 1500. The predicted molar refractivity (Wildman–Crippen MR) is 146 cm³/mol. The van der Waals surface area contributed by atoms with E-state index in [2.05, 4.69) is 26.0 Å². The molecule has 4 aromatic rings. The molecule has 14 heteroatoms. The van der Waals surface area contributed by atoms with Gasteiger partial charge in [-0.05, 0) is 42.5 Å². The molecule has 12 nitrogen and oxygen atoms in total. The number of benzene rings is 2. The van der Waals surface area contributed by atoms with Gasteiger partial charge in [-0.2, -0.15) is 0 Å². The van der Waals surface area contributed by atoms with Gasteiger partial charge in [0, 0.05) is 25.4 Å². The first-order valence-electron chi connectivity index (χ1n) is 11.2. The minimum atomic E-state index is -0.665. The van der Waals surface area contributed by atoms with Crippen molar-refractivity contribution in [3.8, 4) is 28.8 Å². The SMILES string of the molecule is COCC(=O)Nc1cc(Oc2ccc(NC(=O)Nc3cc(O)nn3-c3ccc(OC)cc3)c(Cl)c2Cl)ccn1.